The van der Waals surface area contributed by atoms with Gasteiger partial charge in [-0.2, -0.15) is 0 Å². The van der Waals surface area contributed by atoms with Gasteiger partial charge in [0, 0.05) is 23.6 Å². The SMILES string of the molecule is Nc1cccc(CNc2cccc(NC(=O)O)c2)c1. The Hall–Kier alpha value is -2.69. The molecule has 0 aromatic heterocycles. The Morgan fingerprint density at radius 1 is 1.11 bits per heavy atom. The zero-order valence-corrected chi connectivity index (χ0v) is 10.3. The first-order valence-electron chi connectivity index (χ1n) is 5.82. The molecule has 0 atom stereocenters. The van der Waals surface area contributed by atoms with E-state index in [9.17, 15) is 4.79 Å². The molecular weight excluding hydrogens is 242 g/mol. The Morgan fingerprint density at radius 3 is 2.58 bits per heavy atom. The second kappa shape index (κ2) is 5.77. The van der Waals surface area contributed by atoms with E-state index in [1.165, 1.54) is 0 Å². The highest BCUT2D eigenvalue weighted by molar-refractivity contribution is 5.83. The van der Waals surface area contributed by atoms with Crippen molar-refractivity contribution in [3.8, 4) is 0 Å². The molecule has 1 amide bonds. The fourth-order valence-corrected chi connectivity index (χ4v) is 1.74. The highest BCUT2D eigenvalue weighted by Crippen LogP contribution is 2.16. The van der Waals surface area contributed by atoms with Crippen molar-refractivity contribution >= 4 is 23.2 Å². The van der Waals surface area contributed by atoms with E-state index in [1.54, 1.807) is 18.2 Å². The number of nitrogens with two attached hydrogens (primary N) is 1. The number of carbonyl (C=O) groups is 1. The number of hydrogen-bond acceptors (Lipinski definition) is 3. The molecule has 0 saturated heterocycles. The molecule has 0 fully saturated rings. The van der Waals surface area contributed by atoms with E-state index in [0.29, 0.717) is 12.2 Å². The van der Waals surface area contributed by atoms with Gasteiger partial charge >= 0.3 is 6.09 Å². The number of nitrogens with one attached hydrogen (secondary N) is 2. The summed E-state index contributed by atoms with van der Waals surface area (Å²) in [5.74, 6) is 0. The van der Waals surface area contributed by atoms with E-state index in [0.717, 1.165) is 16.9 Å². The van der Waals surface area contributed by atoms with Crippen LogP contribution in [0.5, 0.6) is 0 Å². The minimum atomic E-state index is -1.08. The molecule has 5 N–H and O–H groups in total. The van der Waals surface area contributed by atoms with Crippen molar-refractivity contribution in [1.82, 2.24) is 0 Å². The van der Waals surface area contributed by atoms with Crippen LogP contribution in [0.2, 0.25) is 0 Å². The van der Waals surface area contributed by atoms with Crippen molar-refractivity contribution in [2.45, 2.75) is 6.54 Å². The largest absolute Gasteiger partial charge is 0.465 e. The third-order valence-corrected chi connectivity index (χ3v) is 2.56. The lowest BCUT2D eigenvalue weighted by molar-refractivity contribution is 0.210. The summed E-state index contributed by atoms with van der Waals surface area (Å²) in [6.07, 6.45) is -1.08. The molecule has 2 aromatic carbocycles. The first-order valence-corrected chi connectivity index (χ1v) is 5.82. The smallest absolute Gasteiger partial charge is 0.409 e. The predicted octanol–water partition coefficient (Wildman–Crippen LogP) is 2.97. The molecule has 0 aliphatic rings. The summed E-state index contributed by atoms with van der Waals surface area (Å²) in [5, 5.41) is 14.2. The molecule has 5 nitrogen and oxygen atoms in total. The van der Waals surface area contributed by atoms with Crippen LogP contribution in [-0.2, 0) is 6.54 Å². The predicted molar refractivity (Wildman–Crippen MR) is 76.3 cm³/mol. The van der Waals surface area contributed by atoms with E-state index in [1.807, 2.05) is 30.3 Å². The molecule has 0 spiro atoms. The second-order valence-electron chi connectivity index (χ2n) is 4.11. The van der Waals surface area contributed by atoms with Gasteiger partial charge in [-0.25, -0.2) is 4.79 Å². The molecule has 0 aliphatic heterocycles. The normalized spacial score (nSPS) is 9.89. The van der Waals surface area contributed by atoms with E-state index < -0.39 is 6.09 Å². The van der Waals surface area contributed by atoms with Gasteiger partial charge in [0.25, 0.3) is 0 Å². The second-order valence-corrected chi connectivity index (χ2v) is 4.11. The summed E-state index contributed by atoms with van der Waals surface area (Å²) in [6, 6.07) is 14.7. The van der Waals surface area contributed by atoms with Crippen LogP contribution in [-0.4, -0.2) is 11.2 Å². The maximum absolute atomic E-state index is 10.6. The first kappa shape index (κ1) is 12.8. The Morgan fingerprint density at radius 2 is 1.84 bits per heavy atom. The topological polar surface area (TPSA) is 87.4 Å². The van der Waals surface area contributed by atoms with Gasteiger partial charge in [-0.05, 0) is 35.9 Å². The number of hydrogen-bond donors (Lipinski definition) is 4. The van der Waals surface area contributed by atoms with E-state index in [2.05, 4.69) is 10.6 Å². The van der Waals surface area contributed by atoms with Gasteiger partial charge in [0.1, 0.15) is 0 Å². The highest BCUT2D eigenvalue weighted by atomic mass is 16.4. The molecule has 2 rings (SSSR count). The van der Waals surface area contributed by atoms with Gasteiger partial charge < -0.3 is 16.2 Å². The summed E-state index contributed by atoms with van der Waals surface area (Å²) in [4.78, 5) is 10.6. The number of rotatable bonds is 4. The fourth-order valence-electron chi connectivity index (χ4n) is 1.74. The van der Waals surface area contributed by atoms with Crippen molar-refractivity contribution in [2.75, 3.05) is 16.4 Å². The van der Waals surface area contributed by atoms with Crippen LogP contribution >= 0.6 is 0 Å². The monoisotopic (exact) mass is 257 g/mol. The van der Waals surface area contributed by atoms with Gasteiger partial charge in [-0.1, -0.05) is 18.2 Å². The van der Waals surface area contributed by atoms with E-state index in [4.69, 9.17) is 10.8 Å². The molecule has 0 saturated carbocycles. The molecule has 0 bridgehead atoms. The molecular formula is C14H15N3O2. The molecule has 98 valence electrons. The zero-order chi connectivity index (χ0) is 13.7. The lowest BCUT2D eigenvalue weighted by Gasteiger charge is -2.09. The van der Waals surface area contributed by atoms with Crippen LogP contribution in [0.25, 0.3) is 0 Å². The van der Waals surface area contributed by atoms with Gasteiger partial charge in [0.05, 0.1) is 0 Å². The van der Waals surface area contributed by atoms with Crippen molar-refractivity contribution < 1.29 is 9.90 Å². The number of amides is 1. The molecule has 0 aliphatic carbocycles. The number of anilines is 3. The molecule has 5 heteroatoms. The molecule has 2 aromatic rings. The van der Waals surface area contributed by atoms with Crippen LogP contribution in [0.1, 0.15) is 5.56 Å². The average Bonchev–Trinajstić information content (AvgIpc) is 2.36. The summed E-state index contributed by atoms with van der Waals surface area (Å²) < 4.78 is 0. The maximum Gasteiger partial charge on any atom is 0.409 e. The number of benzene rings is 2. The van der Waals surface area contributed by atoms with Crippen LogP contribution in [0.15, 0.2) is 48.5 Å². The number of nitrogen functional groups attached to an aromatic ring is 1. The Balaban J connectivity index is 2.01. The van der Waals surface area contributed by atoms with Crippen molar-refractivity contribution in [2.24, 2.45) is 0 Å². The minimum absolute atomic E-state index is 0.532. The van der Waals surface area contributed by atoms with E-state index >= 15 is 0 Å². The van der Waals surface area contributed by atoms with Crippen LogP contribution in [0.3, 0.4) is 0 Å². The Kier molecular flexibility index (Phi) is 3.87. The summed E-state index contributed by atoms with van der Waals surface area (Å²) in [7, 11) is 0. The third-order valence-electron chi connectivity index (χ3n) is 2.56. The fraction of sp³-hybridized carbons (Fsp3) is 0.0714. The molecule has 0 radical (unpaired) electrons. The van der Waals surface area contributed by atoms with Crippen LogP contribution in [0.4, 0.5) is 21.9 Å². The average molecular weight is 257 g/mol. The lowest BCUT2D eigenvalue weighted by Crippen LogP contribution is -2.07. The lowest BCUT2D eigenvalue weighted by atomic mass is 10.2. The zero-order valence-electron chi connectivity index (χ0n) is 10.3. The van der Waals surface area contributed by atoms with Gasteiger partial charge in [0.15, 0.2) is 0 Å². The summed E-state index contributed by atoms with van der Waals surface area (Å²) in [5.41, 5.74) is 8.87. The Bertz CT molecular complexity index is 584. The summed E-state index contributed by atoms with van der Waals surface area (Å²) in [6.45, 7) is 0.627. The minimum Gasteiger partial charge on any atom is -0.465 e. The van der Waals surface area contributed by atoms with Crippen molar-refractivity contribution in [1.29, 1.82) is 0 Å². The molecule has 19 heavy (non-hydrogen) atoms. The highest BCUT2D eigenvalue weighted by Gasteiger charge is 1.99. The third kappa shape index (κ3) is 3.92. The summed E-state index contributed by atoms with van der Waals surface area (Å²) >= 11 is 0. The van der Waals surface area contributed by atoms with Gasteiger partial charge in [0.2, 0.25) is 0 Å². The first-order chi connectivity index (χ1) is 9.13. The van der Waals surface area contributed by atoms with Crippen molar-refractivity contribution in [3.05, 3.63) is 54.1 Å². The molecule has 0 unspecified atom stereocenters. The van der Waals surface area contributed by atoms with E-state index in [-0.39, 0.29) is 0 Å². The van der Waals surface area contributed by atoms with Crippen molar-refractivity contribution in [3.63, 3.8) is 0 Å². The Labute approximate surface area is 111 Å². The molecule has 0 heterocycles. The quantitative estimate of drug-likeness (QED) is 0.634. The van der Waals surface area contributed by atoms with Gasteiger partial charge in [-0.15, -0.1) is 0 Å². The standard InChI is InChI=1S/C14H15N3O2/c15-11-4-1-3-10(7-11)9-16-12-5-2-6-13(8-12)17-14(18)19/h1-8,16-17H,9,15H2,(H,18,19). The van der Waals surface area contributed by atoms with Crippen LogP contribution < -0.4 is 16.4 Å². The van der Waals surface area contributed by atoms with Gasteiger partial charge in [-0.3, -0.25) is 5.32 Å². The number of carboxylic acid groups (broad SMARTS) is 1. The maximum atomic E-state index is 10.6. The van der Waals surface area contributed by atoms with Crippen LogP contribution in [0, 0.1) is 0 Å².